The number of pyridine rings is 3. The number of fused-ring (bicyclic) bond motifs is 8. The standard InChI is InChI=1S/C93H62B2N8Se/c1-6-31-63(32-7-1)70-43-30-44-73(80-49-26-29-56-98-80)93(70)103-85-62-89-77(61-76(85)94-74-45-18-22-52-83(74)101(67-39-14-5-15-40-67)86-57-68(58-87(103)91(86)94)99(64-33-8-2-9-34-64)65-35-10-3-11-36-65)95-75-46-19-23-53-84(75)102(82-51-21-17-42-72(82)79-48-25-28-55-97-79)88-59-69(60-90(104-89)92(88)95)100(66-37-12-4-13-38-66)81-50-20-16-41-71(81)78-47-24-27-54-96-78/h1-62H. The maximum absolute atomic E-state index is 5.25. The van der Waals surface area contributed by atoms with Crippen LogP contribution in [0.2, 0.25) is 0 Å². The third-order valence-corrected chi connectivity index (χ3v) is 23.1. The molecule has 0 fully saturated rings. The van der Waals surface area contributed by atoms with Crippen molar-refractivity contribution in [1.29, 1.82) is 0 Å². The van der Waals surface area contributed by atoms with Crippen molar-refractivity contribution < 1.29 is 0 Å². The van der Waals surface area contributed by atoms with Gasteiger partial charge < -0.3 is 0 Å². The summed E-state index contributed by atoms with van der Waals surface area (Å²) in [5.41, 5.74) is 31.7. The fourth-order valence-corrected chi connectivity index (χ4v) is 19.1. The van der Waals surface area contributed by atoms with Gasteiger partial charge in [0.1, 0.15) is 0 Å². The zero-order chi connectivity index (χ0) is 68.6. The van der Waals surface area contributed by atoms with E-state index in [0.717, 1.165) is 130 Å². The number of aromatic nitrogens is 3. The molecule has 0 saturated carbocycles. The number of rotatable bonds is 13. The molecule has 3 aromatic heterocycles. The first-order chi connectivity index (χ1) is 51.7. The molecule has 0 saturated heterocycles. The van der Waals surface area contributed by atoms with Gasteiger partial charge in [-0.3, -0.25) is 0 Å². The molecular formula is C93H62B2N8Se. The van der Waals surface area contributed by atoms with Crippen LogP contribution in [0.3, 0.4) is 0 Å². The van der Waals surface area contributed by atoms with Gasteiger partial charge in [-0.25, -0.2) is 0 Å². The summed E-state index contributed by atoms with van der Waals surface area (Å²) < 4.78 is 2.63. The predicted octanol–water partition coefficient (Wildman–Crippen LogP) is 17.8. The third kappa shape index (κ3) is 10.1. The van der Waals surface area contributed by atoms with Gasteiger partial charge in [0.05, 0.1) is 0 Å². The number of hydrogen-bond acceptors (Lipinski definition) is 8. The van der Waals surface area contributed by atoms with Crippen molar-refractivity contribution in [3.8, 4) is 44.9 Å². The van der Waals surface area contributed by atoms with Gasteiger partial charge in [-0.2, -0.15) is 0 Å². The van der Waals surface area contributed by atoms with Gasteiger partial charge in [-0.1, -0.05) is 0 Å². The Labute approximate surface area is 612 Å². The molecular weight excluding hydrogens is 1330 g/mol. The quantitative estimate of drug-likeness (QED) is 0.106. The van der Waals surface area contributed by atoms with Gasteiger partial charge in [0.15, 0.2) is 0 Å². The van der Waals surface area contributed by atoms with E-state index in [2.05, 4.69) is 364 Å². The van der Waals surface area contributed by atoms with E-state index >= 15 is 0 Å². The Bertz CT molecular complexity index is 5850. The fraction of sp³-hybridized carbons (Fsp3) is 0. The Morgan fingerprint density at radius 2 is 0.712 bits per heavy atom. The third-order valence-electron chi connectivity index (χ3n) is 20.8. The predicted molar refractivity (Wildman–Crippen MR) is 436 cm³/mol. The molecule has 0 atom stereocenters. The van der Waals surface area contributed by atoms with Crippen molar-refractivity contribution in [2.24, 2.45) is 0 Å². The second-order valence-electron chi connectivity index (χ2n) is 26.6. The molecule has 4 aliphatic heterocycles. The minimum absolute atomic E-state index is 0.173. The number of benzene rings is 13. The molecule has 11 heteroatoms. The monoisotopic (exact) mass is 1390 g/mol. The molecule has 0 aliphatic carbocycles. The molecule has 0 N–H and O–H groups in total. The van der Waals surface area contributed by atoms with Crippen LogP contribution in [0.25, 0.3) is 44.9 Å². The van der Waals surface area contributed by atoms with Crippen molar-refractivity contribution in [3.63, 3.8) is 0 Å². The topological polar surface area (TPSA) is 54.9 Å². The Hall–Kier alpha value is -13.0. The first-order valence-electron chi connectivity index (χ1n) is 35.4. The molecule has 13 aromatic carbocycles. The van der Waals surface area contributed by atoms with Gasteiger partial charge in [0.25, 0.3) is 0 Å². The molecule has 486 valence electrons. The number of nitrogens with zero attached hydrogens (tertiary/aromatic N) is 8. The zero-order valence-corrected chi connectivity index (χ0v) is 58.1. The van der Waals surface area contributed by atoms with Crippen LogP contribution in [0.1, 0.15) is 0 Å². The normalized spacial score (nSPS) is 12.7. The van der Waals surface area contributed by atoms with E-state index in [0.29, 0.717) is 0 Å². The van der Waals surface area contributed by atoms with E-state index in [1.54, 1.807) is 0 Å². The molecule has 8 nitrogen and oxygen atoms in total. The Morgan fingerprint density at radius 3 is 1.33 bits per heavy atom. The fourth-order valence-electron chi connectivity index (χ4n) is 16.5. The molecule has 4 aliphatic rings. The molecule has 0 spiro atoms. The molecule has 0 bridgehead atoms. The van der Waals surface area contributed by atoms with Crippen LogP contribution in [-0.2, 0) is 0 Å². The Kier molecular flexibility index (Phi) is 15.0. The van der Waals surface area contributed by atoms with Gasteiger partial charge in [-0.05, 0) is 0 Å². The van der Waals surface area contributed by atoms with E-state index in [1.807, 2.05) is 36.8 Å². The van der Waals surface area contributed by atoms with Crippen LogP contribution >= 0.6 is 0 Å². The van der Waals surface area contributed by atoms with Crippen LogP contribution in [0.4, 0.5) is 85.3 Å². The summed E-state index contributed by atoms with van der Waals surface area (Å²) in [6.07, 6.45) is 5.72. The summed E-state index contributed by atoms with van der Waals surface area (Å²) >= 11 is -0.296. The molecule has 0 unspecified atom stereocenters. The van der Waals surface area contributed by atoms with E-state index in [9.17, 15) is 0 Å². The van der Waals surface area contributed by atoms with E-state index in [4.69, 9.17) is 15.0 Å². The van der Waals surface area contributed by atoms with Crippen molar-refractivity contribution in [2.75, 3.05) is 24.5 Å². The van der Waals surface area contributed by atoms with Crippen molar-refractivity contribution in [1.82, 2.24) is 15.0 Å². The summed E-state index contributed by atoms with van der Waals surface area (Å²) in [6, 6.07) is 131. The van der Waals surface area contributed by atoms with Gasteiger partial charge in [0, 0.05) is 0 Å². The molecule has 104 heavy (non-hydrogen) atoms. The first kappa shape index (κ1) is 60.9. The average molecular weight is 1390 g/mol. The summed E-state index contributed by atoms with van der Waals surface area (Å²) in [6.45, 7) is -0.395. The Morgan fingerprint density at radius 1 is 0.260 bits per heavy atom. The second kappa shape index (κ2) is 25.5. The van der Waals surface area contributed by atoms with E-state index < -0.39 is 0 Å². The van der Waals surface area contributed by atoms with E-state index in [-0.39, 0.29) is 28.4 Å². The molecule has 16 aromatic rings. The first-order valence-corrected chi connectivity index (χ1v) is 37.1. The molecule has 7 heterocycles. The van der Waals surface area contributed by atoms with Crippen LogP contribution < -0.4 is 66.2 Å². The maximum atomic E-state index is 5.25. The number of anilines is 15. The van der Waals surface area contributed by atoms with Crippen molar-refractivity contribution in [2.45, 2.75) is 0 Å². The Balaban J connectivity index is 0.909. The van der Waals surface area contributed by atoms with Crippen LogP contribution in [0.15, 0.2) is 377 Å². The summed E-state index contributed by atoms with van der Waals surface area (Å²) in [5.74, 6) is 0. The van der Waals surface area contributed by atoms with Gasteiger partial charge in [0.2, 0.25) is 0 Å². The van der Waals surface area contributed by atoms with Gasteiger partial charge in [-0.15, -0.1) is 0 Å². The van der Waals surface area contributed by atoms with Crippen LogP contribution in [0.5, 0.6) is 0 Å². The SMILES string of the molecule is c1ccc(-c2cccc(-c3ccccn3)c2N2c3cc4c(cc3B3c5ccccc5N(c5ccccc5)c5cc(N(c6ccccc6)c6ccccc6)cc2c53)B2c3ccccc3N(c3ccccc3-c3ccccn3)c3cc(N(c5ccccc5)c5ccccc5-c5ccccn5)cc(c32)[Se]4)cc1. The van der Waals surface area contributed by atoms with E-state index in [1.165, 1.54) is 41.7 Å². The second-order valence-corrected chi connectivity index (χ2v) is 28.8. The molecule has 0 amide bonds. The molecule has 20 rings (SSSR count). The van der Waals surface area contributed by atoms with Crippen LogP contribution in [-0.4, -0.2) is 43.3 Å². The molecule has 0 radical (unpaired) electrons. The van der Waals surface area contributed by atoms with Crippen molar-refractivity contribution >= 4 is 155 Å². The van der Waals surface area contributed by atoms with Crippen LogP contribution in [0, 0.1) is 0 Å². The van der Waals surface area contributed by atoms with Gasteiger partial charge >= 0.3 is 616 Å². The summed E-state index contributed by atoms with van der Waals surface area (Å²) in [4.78, 5) is 27.9. The number of para-hydroxylation sites is 9. The van der Waals surface area contributed by atoms with Crippen molar-refractivity contribution in [3.05, 3.63) is 377 Å². The summed E-state index contributed by atoms with van der Waals surface area (Å²) in [7, 11) is 0. The minimum atomic E-state index is -0.296. The number of hydrogen-bond donors (Lipinski definition) is 0. The summed E-state index contributed by atoms with van der Waals surface area (Å²) in [5, 5.41) is 0. The average Bonchev–Trinajstić information content (AvgIpc) is 0.685. The zero-order valence-electron chi connectivity index (χ0n) is 56.4.